The average molecular weight is 339 g/mol. The summed E-state index contributed by atoms with van der Waals surface area (Å²) in [4.78, 5) is 10.8. The molecular weight excluding hydrogens is 310 g/mol. The minimum atomic E-state index is 0.844. The van der Waals surface area contributed by atoms with Crippen molar-refractivity contribution in [1.29, 1.82) is 0 Å². The molecule has 0 aliphatic heterocycles. The molecule has 0 saturated heterocycles. The number of aliphatic imine (C=N–C) groups is 1. The highest BCUT2D eigenvalue weighted by molar-refractivity contribution is 5.79. The second kappa shape index (κ2) is 11.1. The van der Waals surface area contributed by atoms with E-state index >= 15 is 0 Å². The topological polar surface area (TPSA) is 52.5 Å². The van der Waals surface area contributed by atoms with Gasteiger partial charge in [-0.2, -0.15) is 0 Å². The van der Waals surface area contributed by atoms with Crippen LogP contribution in [0.5, 0.6) is 0 Å². The molecule has 2 N–H and O–H groups in total. The average Bonchev–Trinajstić information content (AvgIpc) is 2.68. The number of hydrogen-bond donors (Lipinski definition) is 2. The summed E-state index contributed by atoms with van der Waals surface area (Å²) in [6.45, 7) is 5.98. The van der Waals surface area contributed by atoms with Gasteiger partial charge in [0, 0.05) is 51.3 Å². The molecule has 0 aliphatic rings. The summed E-state index contributed by atoms with van der Waals surface area (Å²) in [6.07, 6.45) is 5.70. The second-order valence-electron chi connectivity index (χ2n) is 5.81. The third-order valence-electron chi connectivity index (χ3n) is 4.05. The van der Waals surface area contributed by atoms with Crippen molar-refractivity contribution in [2.45, 2.75) is 19.8 Å². The Morgan fingerprint density at radius 1 is 1.08 bits per heavy atom. The van der Waals surface area contributed by atoms with Crippen molar-refractivity contribution in [3.63, 3.8) is 0 Å². The summed E-state index contributed by atoms with van der Waals surface area (Å²) in [7, 11) is 1.81. The molecular formula is C20H29N5. The van der Waals surface area contributed by atoms with E-state index in [1.165, 1.54) is 11.3 Å². The maximum Gasteiger partial charge on any atom is 0.190 e. The van der Waals surface area contributed by atoms with Crippen molar-refractivity contribution in [2.24, 2.45) is 4.99 Å². The summed E-state index contributed by atoms with van der Waals surface area (Å²) in [6, 6.07) is 14.6. The molecule has 0 unspecified atom stereocenters. The summed E-state index contributed by atoms with van der Waals surface area (Å²) in [5, 5.41) is 6.73. The van der Waals surface area contributed by atoms with Crippen LogP contribution >= 0.6 is 0 Å². The van der Waals surface area contributed by atoms with Crippen LogP contribution in [0.25, 0.3) is 0 Å². The van der Waals surface area contributed by atoms with Crippen LogP contribution in [0, 0.1) is 0 Å². The molecule has 5 nitrogen and oxygen atoms in total. The molecule has 1 aromatic carbocycles. The van der Waals surface area contributed by atoms with Gasteiger partial charge in [0.05, 0.1) is 0 Å². The van der Waals surface area contributed by atoms with E-state index < -0.39 is 0 Å². The van der Waals surface area contributed by atoms with Gasteiger partial charge in [0.1, 0.15) is 0 Å². The van der Waals surface area contributed by atoms with Gasteiger partial charge in [-0.05, 0) is 43.5 Å². The lowest BCUT2D eigenvalue weighted by molar-refractivity contribution is 0.707. The quantitative estimate of drug-likeness (QED) is 0.419. The summed E-state index contributed by atoms with van der Waals surface area (Å²) >= 11 is 0. The van der Waals surface area contributed by atoms with Crippen molar-refractivity contribution < 1.29 is 0 Å². The number of hydrogen-bond acceptors (Lipinski definition) is 3. The molecule has 134 valence electrons. The SMILES string of the molecule is CCN(CCCNC(=NC)NCCc1cccnc1)c1ccccc1. The van der Waals surface area contributed by atoms with Gasteiger partial charge in [0.25, 0.3) is 0 Å². The first-order chi connectivity index (χ1) is 12.3. The molecule has 5 heteroatoms. The van der Waals surface area contributed by atoms with Gasteiger partial charge in [-0.3, -0.25) is 9.98 Å². The van der Waals surface area contributed by atoms with Crippen LogP contribution in [0.15, 0.2) is 59.9 Å². The number of benzene rings is 1. The standard InChI is InChI=1S/C20H29N5/c1-3-25(19-10-5-4-6-11-19)16-8-14-23-20(21-2)24-15-12-18-9-7-13-22-17-18/h4-7,9-11,13,17H,3,8,12,14-16H2,1-2H3,(H2,21,23,24). The van der Waals surface area contributed by atoms with Crippen molar-refractivity contribution >= 4 is 11.6 Å². The first-order valence-corrected chi connectivity index (χ1v) is 8.97. The third kappa shape index (κ3) is 6.83. The lowest BCUT2D eigenvalue weighted by atomic mass is 10.2. The highest BCUT2D eigenvalue weighted by Gasteiger charge is 2.03. The first kappa shape index (κ1) is 18.8. The van der Waals surface area contributed by atoms with Crippen molar-refractivity contribution in [2.75, 3.05) is 38.1 Å². The lowest BCUT2D eigenvalue weighted by Gasteiger charge is -2.23. The van der Waals surface area contributed by atoms with Gasteiger partial charge in [0.15, 0.2) is 5.96 Å². The number of nitrogens with one attached hydrogen (secondary N) is 2. The minimum absolute atomic E-state index is 0.844. The number of para-hydroxylation sites is 1. The zero-order chi connectivity index (χ0) is 17.7. The molecule has 25 heavy (non-hydrogen) atoms. The van der Waals surface area contributed by atoms with Gasteiger partial charge < -0.3 is 15.5 Å². The molecule has 0 saturated carbocycles. The van der Waals surface area contributed by atoms with E-state index in [0.717, 1.165) is 45.0 Å². The van der Waals surface area contributed by atoms with E-state index in [-0.39, 0.29) is 0 Å². The Kier molecular flexibility index (Phi) is 8.32. The number of aromatic nitrogens is 1. The number of guanidine groups is 1. The number of nitrogens with zero attached hydrogens (tertiary/aromatic N) is 3. The fraction of sp³-hybridized carbons (Fsp3) is 0.400. The fourth-order valence-corrected chi connectivity index (χ4v) is 2.68. The summed E-state index contributed by atoms with van der Waals surface area (Å²) in [5.41, 5.74) is 2.51. The molecule has 0 fully saturated rings. The van der Waals surface area contributed by atoms with Crippen LogP contribution in [0.3, 0.4) is 0 Å². The smallest absolute Gasteiger partial charge is 0.190 e. The van der Waals surface area contributed by atoms with E-state index in [0.29, 0.717) is 0 Å². The van der Waals surface area contributed by atoms with Crippen molar-refractivity contribution in [3.05, 3.63) is 60.4 Å². The molecule has 0 bridgehead atoms. The van der Waals surface area contributed by atoms with Crippen LogP contribution in [0.4, 0.5) is 5.69 Å². The van der Waals surface area contributed by atoms with Crippen molar-refractivity contribution in [1.82, 2.24) is 15.6 Å². The Morgan fingerprint density at radius 3 is 2.56 bits per heavy atom. The second-order valence-corrected chi connectivity index (χ2v) is 5.81. The molecule has 2 aromatic rings. The molecule has 0 radical (unpaired) electrons. The molecule has 0 atom stereocenters. The Hall–Kier alpha value is -2.56. The number of rotatable bonds is 9. The Bertz CT molecular complexity index is 612. The highest BCUT2D eigenvalue weighted by Crippen LogP contribution is 2.12. The Labute approximate surface area is 151 Å². The van der Waals surface area contributed by atoms with Crippen LogP contribution in [-0.2, 0) is 6.42 Å². The van der Waals surface area contributed by atoms with Crippen LogP contribution in [-0.4, -0.2) is 44.2 Å². The maximum absolute atomic E-state index is 4.28. The fourth-order valence-electron chi connectivity index (χ4n) is 2.68. The minimum Gasteiger partial charge on any atom is -0.372 e. The van der Waals surface area contributed by atoms with E-state index in [1.54, 1.807) is 6.20 Å². The normalized spacial score (nSPS) is 11.2. The third-order valence-corrected chi connectivity index (χ3v) is 4.05. The maximum atomic E-state index is 4.28. The van der Waals surface area contributed by atoms with E-state index in [9.17, 15) is 0 Å². The molecule has 0 amide bonds. The molecule has 1 heterocycles. The number of anilines is 1. The van der Waals surface area contributed by atoms with Crippen LogP contribution < -0.4 is 15.5 Å². The van der Waals surface area contributed by atoms with Crippen molar-refractivity contribution in [3.8, 4) is 0 Å². The van der Waals surface area contributed by atoms with Crippen LogP contribution in [0.1, 0.15) is 18.9 Å². The van der Waals surface area contributed by atoms with Gasteiger partial charge in [-0.15, -0.1) is 0 Å². The molecule has 1 aromatic heterocycles. The highest BCUT2D eigenvalue weighted by atomic mass is 15.2. The monoisotopic (exact) mass is 339 g/mol. The van der Waals surface area contributed by atoms with Gasteiger partial charge in [-0.25, -0.2) is 0 Å². The molecule has 0 aliphatic carbocycles. The number of pyridine rings is 1. The lowest BCUT2D eigenvalue weighted by Crippen LogP contribution is -2.39. The molecule has 2 rings (SSSR count). The predicted molar refractivity (Wildman–Crippen MR) is 106 cm³/mol. The van der Waals surface area contributed by atoms with Gasteiger partial charge in [-0.1, -0.05) is 24.3 Å². The van der Waals surface area contributed by atoms with E-state index in [4.69, 9.17) is 0 Å². The van der Waals surface area contributed by atoms with Crippen LogP contribution in [0.2, 0.25) is 0 Å². The largest absolute Gasteiger partial charge is 0.372 e. The van der Waals surface area contributed by atoms with Gasteiger partial charge >= 0.3 is 0 Å². The zero-order valence-electron chi connectivity index (χ0n) is 15.3. The Balaban J connectivity index is 1.65. The summed E-state index contributed by atoms with van der Waals surface area (Å²) in [5.74, 6) is 0.853. The first-order valence-electron chi connectivity index (χ1n) is 8.97. The Morgan fingerprint density at radius 2 is 1.88 bits per heavy atom. The predicted octanol–water partition coefficient (Wildman–Crippen LogP) is 2.71. The van der Waals surface area contributed by atoms with Gasteiger partial charge in [0.2, 0.25) is 0 Å². The van der Waals surface area contributed by atoms with E-state index in [1.807, 2.05) is 19.3 Å². The molecule has 0 spiro atoms. The summed E-state index contributed by atoms with van der Waals surface area (Å²) < 4.78 is 0. The van der Waals surface area contributed by atoms with E-state index in [2.05, 4.69) is 68.8 Å². The zero-order valence-corrected chi connectivity index (χ0v) is 15.3.